The molecular formula is C12H20N2. The number of rotatable bonds is 3. The van der Waals surface area contributed by atoms with Gasteiger partial charge in [0, 0.05) is 11.6 Å². The van der Waals surface area contributed by atoms with Crippen LogP contribution in [0, 0.1) is 6.92 Å². The molecule has 0 radical (unpaired) electrons. The summed E-state index contributed by atoms with van der Waals surface area (Å²) in [6, 6.07) is 8.38. The van der Waals surface area contributed by atoms with Gasteiger partial charge in [-0.2, -0.15) is 0 Å². The van der Waals surface area contributed by atoms with Crippen LogP contribution >= 0.6 is 0 Å². The maximum atomic E-state index is 6.19. The second-order valence-electron chi connectivity index (χ2n) is 4.36. The van der Waals surface area contributed by atoms with Gasteiger partial charge in [-0.25, -0.2) is 0 Å². The maximum Gasteiger partial charge on any atom is 0.0474 e. The summed E-state index contributed by atoms with van der Waals surface area (Å²) in [7, 11) is 1.94. The number of aryl methyl sites for hydroxylation is 1. The first kappa shape index (κ1) is 11.2. The van der Waals surface area contributed by atoms with E-state index in [1.807, 2.05) is 7.05 Å². The highest BCUT2D eigenvalue weighted by molar-refractivity contribution is 5.27. The lowest BCUT2D eigenvalue weighted by atomic mass is 9.89. The van der Waals surface area contributed by atoms with Crippen LogP contribution in [0.25, 0.3) is 0 Å². The summed E-state index contributed by atoms with van der Waals surface area (Å²) in [5.74, 6) is 0. The van der Waals surface area contributed by atoms with Crippen LogP contribution in [0.1, 0.15) is 31.0 Å². The lowest BCUT2D eigenvalue weighted by Gasteiger charge is -2.31. The van der Waals surface area contributed by atoms with Crippen molar-refractivity contribution in [2.45, 2.75) is 32.4 Å². The summed E-state index contributed by atoms with van der Waals surface area (Å²) in [6.07, 6.45) is 0. The van der Waals surface area contributed by atoms with E-state index >= 15 is 0 Å². The van der Waals surface area contributed by atoms with Gasteiger partial charge in [0.15, 0.2) is 0 Å². The number of hydrogen-bond donors (Lipinski definition) is 2. The van der Waals surface area contributed by atoms with Crippen molar-refractivity contribution in [3.05, 3.63) is 35.4 Å². The Morgan fingerprint density at radius 2 is 2.00 bits per heavy atom. The molecule has 0 bridgehead atoms. The number of nitrogens with two attached hydrogens (primary N) is 1. The van der Waals surface area contributed by atoms with Gasteiger partial charge < -0.3 is 11.1 Å². The molecule has 1 aromatic rings. The molecule has 2 nitrogen and oxygen atoms in total. The third kappa shape index (κ3) is 2.34. The normalized spacial score (nSPS) is 14.1. The van der Waals surface area contributed by atoms with Crippen molar-refractivity contribution in [2.75, 3.05) is 7.05 Å². The molecule has 0 heterocycles. The Morgan fingerprint density at radius 3 is 2.50 bits per heavy atom. The second-order valence-corrected chi connectivity index (χ2v) is 4.36. The number of likely N-dealkylation sites (N-methyl/N-ethyl adjacent to an activating group) is 1. The minimum atomic E-state index is -0.0756. The second kappa shape index (κ2) is 4.11. The third-order valence-electron chi connectivity index (χ3n) is 2.82. The molecule has 0 aliphatic rings. The van der Waals surface area contributed by atoms with Crippen molar-refractivity contribution in [2.24, 2.45) is 5.73 Å². The standard InChI is InChI=1S/C12H20N2/c1-9-6-5-7-10(8-9)11(13)12(2,3)14-4/h5-8,11,14H,13H2,1-4H3. The smallest absolute Gasteiger partial charge is 0.0474 e. The van der Waals surface area contributed by atoms with Gasteiger partial charge in [0.05, 0.1) is 0 Å². The van der Waals surface area contributed by atoms with Gasteiger partial charge in [-0.15, -0.1) is 0 Å². The zero-order chi connectivity index (χ0) is 10.8. The minimum Gasteiger partial charge on any atom is -0.322 e. The molecule has 0 saturated heterocycles. The van der Waals surface area contributed by atoms with E-state index in [-0.39, 0.29) is 11.6 Å². The molecule has 0 spiro atoms. The Morgan fingerprint density at radius 1 is 1.36 bits per heavy atom. The van der Waals surface area contributed by atoms with Gasteiger partial charge in [0.25, 0.3) is 0 Å². The first-order valence-corrected chi connectivity index (χ1v) is 4.98. The summed E-state index contributed by atoms with van der Waals surface area (Å²) < 4.78 is 0. The van der Waals surface area contributed by atoms with Crippen molar-refractivity contribution in [3.8, 4) is 0 Å². The van der Waals surface area contributed by atoms with Gasteiger partial charge >= 0.3 is 0 Å². The average Bonchev–Trinajstić information content (AvgIpc) is 2.16. The fraction of sp³-hybridized carbons (Fsp3) is 0.500. The van der Waals surface area contributed by atoms with Crippen molar-refractivity contribution in [1.82, 2.24) is 5.32 Å². The van der Waals surface area contributed by atoms with Gasteiger partial charge in [0.1, 0.15) is 0 Å². The quantitative estimate of drug-likeness (QED) is 0.768. The highest BCUT2D eigenvalue weighted by atomic mass is 15.0. The first-order chi connectivity index (χ1) is 6.47. The Hall–Kier alpha value is -0.860. The molecule has 0 aliphatic heterocycles. The minimum absolute atomic E-state index is 0.0207. The maximum absolute atomic E-state index is 6.19. The molecule has 0 fully saturated rings. The van der Waals surface area contributed by atoms with Gasteiger partial charge in [-0.05, 0) is 33.4 Å². The highest BCUT2D eigenvalue weighted by Crippen LogP contribution is 2.22. The Kier molecular flexibility index (Phi) is 3.29. The van der Waals surface area contributed by atoms with Crippen molar-refractivity contribution in [1.29, 1.82) is 0 Å². The Labute approximate surface area is 86.5 Å². The van der Waals surface area contributed by atoms with Crippen LogP contribution in [-0.2, 0) is 0 Å². The molecule has 2 heteroatoms. The largest absolute Gasteiger partial charge is 0.322 e. The van der Waals surface area contributed by atoms with Crippen molar-refractivity contribution < 1.29 is 0 Å². The van der Waals surface area contributed by atoms with Gasteiger partial charge in [-0.3, -0.25) is 0 Å². The fourth-order valence-electron chi connectivity index (χ4n) is 1.44. The van der Waals surface area contributed by atoms with Crippen LogP contribution in [0.5, 0.6) is 0 Å². The Bertz CT molecular complexity index is 305. The van der Waals surface area contributed by atoms with E-state index in [4.69, 9.17) is 5.73 Å². The van der Waals surface area contributed by atoms with E-state index in [0.29, 0.717) is 0 Å². The molecule has 0 amide bonds. The lowest BCUT2D eigenvalue weighted by molar-refractivity contribution is 0.348. The van der Waals surface area contributed by atoms with Gasteiger partial charge in [-0.1, -0.05) is 29.8 Å². The average molecular weight is 192 g/mol. The molecule has 3 N–H and O–H groups in total. The Balaban J connectivity index is 2.94. The molecule has 0 aromatic heterocycles. The number of nitrogens with one attached hydrogen (secondary N) is 1. The summed E-state index contributed by atoms with van der Waals surface area (Å²) in [6.45, 7) is 6.31. The van der Waals surface area contributed by atoms with Crippen LogP contribution < -0.4 is 11.1 Å². The summed E-state index contributed by atoms with van der Waals surface area (Å²) in [4.78, 5) is 0. The number of benzene rings is 1. The van der Waals surface area contributed by atoms with Crippen LogP contribution in [0.2, 0.25) is 0 Å². The highest BCUT2D eigenvalue weighted by Gasteiger charge is 2.25. The zero-order valence-electron chi connectivity index (χ0n) is 9.46. The molecule has 0 aliphatic carbocycles. The van der Waals surface area contributed by atoms with E-state index in [0.717, 1.165) is 0 Å². The van der Waals surface area contributed by atoms with E-state index in [1.54, 1.807) is 0 Å². The predicted octanol–water partition coefficient (Wildman–Crippen LogP) is 1.99. The zero-order valence-corrected chi connectivity index (χ0v) is 9.46. The summed E-state index contributed by atoms with van der Waals surface area (Å²) >= 11 is 0. The van der Waals surface area contributed by atoms with Crippen molar-refractivity contribution in [3.63, 3.8) is 0 Å². The van der Waals surface area contributed by atoms with E-state index in [9.17, 15) is 0 Å². The first-order valence-electron chi connectivity index (χ1n) is 4.98. The molecule has 1 rings (SSSR count). The predicted molar refractivity (Wildman–Crippen MR) is 61.2 cm³/mol. The van der Waals surface area contributed by atoms with E-state index < -0.39 is 0 Å². The van der Waals surface area contributed by atoms with Crippen LogP contribution in [0.15, 0.2) is 24.3 Å². The molecule has 0 saturated carbocycles. The number of hydrogen-bond acceptors (Lipinski definition) is 2. The van der Waals surface area contributed by atoms with Crippen LogP contribution in [0.3, 0.4) is 0 Å². The monoisotopic (exact) mass is 192 g/mol. The lowest BCUT2D eigenvalue weighted by Crippen LogP contribution is -2.46. The van der Waals surface area contributed by atoms with E-state index in [2.05, 4.69) is 50.4 Å². The third-order valence-corrected chi connectivity index (χ3v) is 2.82. The van der Waals surface area contributed by atoms with Crippen molar-refractivity contribution >= 4 is 0 Å². The SMILES string of the molecule is CNC(C)(C)C(N)c1cccc(C)c1. The molecule has 14 heavy (non-hydrogen) atoms. The molecule has 1 unspecified atom stereocenters. The van der Waals surface area contributed by atoms with Crippen LogP contribution in [-0.4, -0.2) is 12.6 Å². The topological polar surface area (TPSA) is 38.0 Å². The summed E-state index contributed by atoms with van der Waals surface area (Å²) in [5, 5.41) is 3.23. The fourth-order valence-corrected chi connectivity index (χ4v) is 1.44. The molecule has 1 atom stereocenters. The summed E-state index contributed by atoms with van der Waals surface area (Å²) in [5.41, 5.74) is 8.55. The molecule has 78 valence electrons. The van der Waals surface area contributed by atoms with Gasteiger partial charge in [0.2, 0.25) is 0 Å². The molecular weight excluding hydrogens is 172 g/mol. The van der Waals surface area contributed by atoms with Crippen LogP contribution in [0.4, 0.5) is 0 Å². The van der Waals surface area contributed by atoms with E-state index in [1.165, 1.54) is 11.1 Å². The molecule has 1 aromatic carbocycles.